The summed E-state index contributed by atoms with van der Waals surface area (Å²) in [6.07, 6.45) is 0.223. The van der Waals surface area contributed by atoms with E-state index in [0.29, 0.717) is 21.9 Å². The number of carbonyl (C=O) groups is 3. The third kappa shape index (κ3) is 4.74. The summed E-state index contributed by atoms with van der Waals surface area (Å²) >= 11 is 1.08. The highest BCUT2D eigenvalue weighted by atomic mass is 32.2. The third-order valence-electron chi connectivity index (χ3n) is 5.68. The highest BCUT2D eigenvalue weighted by molar-refractivity contribution is 7.90. The van der Waals surface area contributed by atoms with Crippen molar-refractivity contribution in [1.29, 1.82) is 0 Å². The first-order valence-corrected chi connectivity index (χ1v) is 13.1. The van der Waals surface area contributed by atoms with E-state index in [0.717, 1.165) is 11.3 Å². The SMILES string of the molecule is CCOC(=O)c1c(NC(=O)C2CC(=O)N(c3cccc(OC)c3)C2)sc2c1CCS(=O)(=O)C2. The van der Waals surface area contributed by atoms with Gasteiger partial charge in [0.25, 0.3) is 0 Å². The van der Waals surface area contributed by atoms with Crippen LogP contribution in [0.4, 0.5) is 10.7 Å². The maximum absolute atomic E-state index is 13.1. The lowest BCUT2D eigenvalue weighted by Crippen LogP contribution is -2.28. The largest absolute Gasteiger partial charge is 0.497 e. The number of hydrogen-bond acceptors (Lipinski definition) is 8. The van der Waals surface area contributed by atoms with E-state index in [1.807, 2.05) is 0 Å². The normalized spacial score (nSPS) is 19.2. The highest BCUT2D eigenvalue weighted by Crippen LogP contribution is 2.39. The first-order chi connectivity index (χ1) is 15.7. The molecule has 4 rings (SSSR count). The zero-order valence-corrected chi connectivity index (χ0v) is 19.9. The van der Waals surface area contributed by atoms with Crippen molar-refractivity contribution in [3.8, 4) is 5.75 Å². The number of benzene rings is 1. The number of sulfone groups is 1. The lowest BCUT2D eigenvalue weighted by atomic mass is 10.1. The van der Waals surface area contributed by atoms with Crippen LogP contribution in [0.5, 0.6) is 5.75 Å². The number of nitrogens with zero attached hydrogens (tertiary/aromatic N) is 1. The molecule has 0 radical (unpaired) electrons. The van der Waals surface area contributed by atoms with Crippen LogP contribution in [0.25, 0.3) is 0 Å². The molecular weight excluding hydrogens is 468 g/mol. The fraction of sp³-hybridized carbons (Fsp3) is 0.409. The van der Waals surface area contributed by atoms with Gasteiger partial charge in [-0.3, -0.25) is 9.59 Å². The molecule has 1 fully saturated rings. The van der Waals surface area contributed by atoms with E-state index in [-0.39, 0.29) is 54.0 Å². The van der Waals surface area contributed by atoms with E-state index >= 15 is 0 Å². The second-order valence-electron chi connectivity index (χ2n) is 7.87. The van der Waals surface area contributed by atoms with Crippen molar-refractivity contribution < 1.29 is 32.3 Å². The Morgan fingerprint density at radius 2 is 2.09 bits per heavy atom. The molecule has 0 spiro atoms. The number of methoxy groups -OCH3 is 1. The first kappa shape index (κ1) is 23.2. The van der Waals surface area contributed by atoms with Crippen LogP contribution in [0, 0.1) is 5.92 Å². The Labute approximate surface area is 195 Å². The van der Waals surface area contributed by atoms with Crippen LogP contribution in [-0.2, 0) is 36.3 Å². The second kappa shape index (κ2) is 9.14. The van der Waals surface area contributed by atoms with Gasteiger partial charge in [0.2, 0.25) is 11.8 Å². The molecule has 176 valence electrons. The molecule has 1 saturated heterocycles. The zero-order chi connectivity index (χ0) is 23.8. The molecule has 1 N–H and O–H groups in total. The van der Waals surface area contributed by atoms with Crippen molar-refractivity contribution in [3.63, 3.8) is 0 Å². The van der Waals surface area contributed by atoms with Crippen molar-refractivity contribution >= 4 is 49.6 Å². The minimum absolute atomic E-state index is 0.0251. The summed E-state index contributed by atoms with van der Waals surface area (Å²) in [5.41, 5.74) is 1.47. The monoisotopic (exact) mass is 492 g/mol. The maximum atomic E-state index is 13.1. The number of nitrogens with one attached hydrogen (secondary N) is 1. The third-order valence-corrected chi connectivity index (χ3v) is 8.57. The van der Waals surface area contributed by atoms with Crippen LogP contribution in [-0.4, -0.2) is 52.2 Å². The molecule has 33 heavy (non-hydrogen) atoms. The average molecular weight is 493 g/mol. The predicted molar refractivity (Wildman–Crippen MR) is 124 cm³/mol. The Morgan fingerprint density at radius 3 is 2.82 bits per heavy atom. The standard InChI is InChI=1S/C22H24N2O7S2/c1-3-31-22(27)19-16-7-8-33(28,29)12-17(16)32-21(19)23-20(26)13-9-18(25)24(11-13)14-5-4-6-15(10-14)30-2/h4-6,10,13H,3,7-9,11-12H2,1-2H3,(H,23,26). The minimum Gasteiger partial charge on any atom is -0.497 e. The molecule has 2 amide bonds. The van der Waals surface area contributed by atoms with Gasteiger partial charge in [-0.1, -0.05) is 6.07 Å². The van der Waals surface area contributed by atoms with Gasteiger partial charge in [-0.05, 0) is 31.0 Å². The van der Waals surface area contributed by atoms with E-state index in [2.05, 4.69) is 5.32 Å². The minimum atomic E-state index is -3.25. The average Bonchev–Trinajstić information content (AvgIpc) is 3.33. The zero-order valence-electron chi connectivity index (χ0n) is 18.3. The van der Waals surface area contributed by atoms with Gasteiger partial charge in [0, 0.05) is 29.6 Å². The summed E-state index contributed by atoms with van der Waals surface area (Å²) in [5.74, 6) is -1.42. The number of amides is 2. The van der Waals surface area contributed by atoms with E-state index in [9.17, 15) is 22.8 Å². The van der Waals surface area contributed by atoms with Gasteiger partial charge in [-0.25, -0.2) is 13.2 Å². The second-order valence-corrected chi connectivity index (χ2v) is 11.2. The van der Waals surface area contributed by atoms with Gasteiger partial charge in [-0.15, -0.1) is 11.3 Å². The van der Waals surface area contributed by atoms with Crippen LogP contribution >= 0.6 is 11.3 Å². The summed E-state index contributed by atoms with van der Waals surface area (Å²) in [6.45, 7) is 2.02. The van der Waals surface area contributed by atoms with Crippen molar-refractivity contribution in [2.75, 3.05) is 36.2 Å². The topological polar surface area (TPSA) is 119 Å². The van der Waals surface area contributed by atoms with Crippen LogP contribution in [0.15, 0.2) is 24.3 Å². The van der Waals surface area contributed by atoms with Crippen molar-refractivity contribution in [2.24, 2.45) is 5.92 Å². The molecule has 9 nitrogen and oxygen atoms in total. The van der Waals surface area contributed by atoms with Gasteiger partial charge in [0.05, 0.1) is 36.7 Å². The molecule has 1 unspecified atom stereocenters. The van der Waals surface area contributed by atoms with E-state index < -0.39 is 27.6 Å². The molecule has 1 aromatic heterocycles. The van der Waals surface area contributed by atoms with Gasteiger partial charge < -0.3 is 19.7 Å². The van der Waals surface area contributed by atoms with Crippen molar-refractivity contribution in [2.45, 2.75) is 25.5 Å². The summed E-state index contributed by atoms with van der Waals surface area (Å²) < 4.78 is 34.5. The van der Waals surface area contributed by atoms with E-state index in [1.54, 1.807) is 31.2 Å². The number of thiophene rings is 1. The first-order valence-electron chi connectivity index (χ1n) is 10.5. The summed E-state index contributed by atoms with van der Waals surface area (Å²) in [5, 5.41) is 3.04. The number of carbonyl (C=O) groups excluding carboxylic acids is 3. The number of hydrogen-bond donors (Lipinski definition) is 1. The summed E-state index contributed by atoms with van der Waals surface area (Å²) in [4.78, 5) is 40.4. The molecule has 0 bridgehead atoms. The lowest BCUT2D eigenvalue weighted by Gasteiger charge is -2.17. The predicted octanol–water partition coefficient (Wildman–Crippen LogP) is 2.40. The van der Waals surface area contributed by atoms with E-state index in [1.165, 1.54) is 12.0 Å². The van der Waals surface area contributed by atoms with Gasteiger partial charge in [0.1, 0.15) is 10.8 Å². The molecule has 3 heterocycles. The number of rotatable bonds is 6. The smallest absolute Gasteiger partial charge is 0.341 e. The molecule has 2 aromatic rings. The fourth-order valence-electron chi connectivity index (χ4n) is 4.06. The quantitative estimate of drug-likeness (QED) is 0.615. The van der Waals surface area contributed by atoms with Crippen molar-refractivity contribution in [1.82, 2.24) is 0 Å². The molecule has 2 aliphatic heterocycles. The van der Waals surface area contributed by atoms with E-state index in [4.69, 9.17) is 9.47 Å². The van der Waals surface area contributed by atoms with Crippen LogP contribution in [0.3, 0.4) is 0 Å². The molecular formula is C22H24N2O7S2. The Hall–Kier alpha value is -2.92. The number of esters is 1. The maximum Gasteiger partial charge on any atom is 0.341 e. The molecule has 1 aromatic carbocycles. The van der Waals surface area contributed by atoms with Crippen LogP contribution in [0.1, 0.15) is 34.1 Å². The summed E-state index contributed by atoms with van der Waals surface area (Å²) in [7, 11) is -1.71. The molecule has 2 aliphatic rings. The Kier molecular flexibility index (Phi) is 6.44. The molecule has 1 atom stereocenters. The van der Waals surface area contributed by atoms with Gasteiger partial charge in [-0.2, -0.15) is 0 Å². The highest BCUT2D eigenvalue weighted by Gasteiger charge is 2.37. The van der Waals surface area contributed by atoms with Gasteiger partial charge >= 0.3 is 5.97 Å². The molecule has 0 saturated carbocycles. The van der Waals surface area contributed by atoms with Crippen LogP contribution in [0.2, 0.25) is 0 Å². The Bertz CT molecular complexity index is 1220. The Morgan fingerprint density at radius 1 is 1.30 bits per heavy atom. The fourth-order valence-corrected chi connectivity index (χ4v) is 7.10. The molecule has 0 aliphatic carbocycles. The van der Waals surface area contributed by atoms with Crippen LogP contribution < -0.4 is 15.0 Å². The number of anilines is 2. The Balaban J connectivity index is 1.56. The van der Waals surface area contributed by atoms with Crippen molar-refractivity contribution in [3.05, 3.63) is 40.3 Å². The molecule has 11 heteroatoms. The lowest BCUT2D eigenvalue weighted by molar-refractivity contribution is -0.122. The van der Waals surface area contributed by atoms with Gasteiger partial charge in [0.15, 0.2) is 9.84 Å². The summed E-state index contributed by atoms with van der Waals surface area (Å²) in [6, 6.07) is 7.03. The number of ether oxygens (including phenoxy) is 2. The number of fused-ring (bicyclic) bond motifs is 1.